The molecule has 0 aliphatic carbocycles. The number of aryl methyl sites for hydroxylation is 1. The van der Waals surface area contributed by atoms with E-state index in [1.54, 1.807) is 6.20 Å². The number of amides is 1. The van der Waals surface area contributed by atoms with Gasteiger partial charge in [-0.3, -0.25) is 4.79 Å². The lowest BCUT2D eigenvalue weighted by Crippen LogP contribution is -2.46. The third kappa shape index (κ3) is 4.22. The van der Waals surface area contributed by atoms with Crippen LogP contribution in [-0.4, -0.2) is 49.8 Å². The monoisotopic (exact) mass is 366 g/mol. The molecular weight excluding hydrogens is 340 g/mol. The Kier molecular flexibility index (Phi) is 5.25. The van der Waals surface area contributed by atoms with Gasteiger partial charge in [-0.05, 0) is 49.6 Å². The second kappa shape index (κ2) is 7.96. The number of hydrogen-bond acceptors (Lipinski definition) is 5. The second-order valence-electron chi connectivity index (χ2n) is 7.21. The summed E-state index contributed by atoms with van der Waals surface area (Å²) >= 11 is 0. The second-order valence-corrected chi connectivity index (χ2v) is 7.21. The van der Waals surface area contributed by atoms with E-state index in [-0.39, 0.29) is 12.0 Å². The summed E-state index contributed by atoms with van der Waals surface area (Å²) in [6.45, 7) is 6.61. The van der Waals surface area contributed by atoms with Crippen LogP contribution in [0.15, 0.2) is 42.6 Å². The number of carbonyl (C=O) groups excluding carboxylic acids is 1. The first-order valence-electron chi connectivity index (χ1n) is 9.64. The van der Waals surface area contributed by atoms with Gasteiger partial charge in [0.15, 0.2) is 0 Å². The first-order chi connectivity index (χ1) is 13.2. The minimum Gasteiger partial charge on any atom is -0.368 e. The number of nitrogens with zero attached hydrogens (tertiary/aromatic N) is 3. The Morgan fingerprint density at radius 2 is 1.96 bits per heavy atom. The van der Waals surface area contributed by atoms with E-state index < -0.39 is 0 Å². The van der Waals surface area contributed by atoms with Gasteiger partial charge >= 0.3 is 0 Å². The Bertz CT molecular complexity index is 779. The molecule has 2 aliphatic rings. The van der Waals surface area contributed by atoms with E-state index in [4.69, 9.17) is 4.74 Å². The molecule has 3 heterocycles. The molecule has 1 aromatic carbocycles. The molecule has 4 rings (SSSR count). The lowest BCUT2D eigenvalue weighted by molar-refractivity contribution is -0.124. The van der Waals surface area contributed by atoms with E-state index in [1.807, 2.05) is 12.1 Å². The number of hydrogen-bond donors (Lipinski definition) is 1. The van der Waals surface area contributed by atoms with Gasteiger partial charge in [-0.25, -0.2) is 4.98 Å². The predicted octanol–water partition coefficient (Wildman–Crippen LogP) is 2.83. The quantitative estimate of drug-likeness (QED) is 0.902. The largest absolute Gasteiger partial charge is 0.368 e. The third-order valence-corrected chi connectivity index (χ3v) is 5.21. The molecule has 6 heteroatoms. The number of carbonyl (C=O) groups is 1. The minimum absolute atomic E-state index is 0.0752. The lowest BCUT2D eigenvalue weighted by Gasteiger charge is -2.36. The molecule has 0 radical (unpaired) electrons. The minimum atomic E-state index is -0.320. The zero-order valence-electron chi connectivity index (χ0n) is 15.7. The van der Waals surface area contributed by atoms with Crippen molar-refractivity contribution in [1.82, 2.24) is 4.98 Å². The summed E-state index contributed by atoms with van der Waals surface area (Å²) in [4.78, 5) is 21.4. The van der Waals surface area contributed by atoms with Crippen LogP contribution in [0.3, 0.4) is 0 Å². The highest BCUT2D eigenvalue weighted by atomic mass is 16.5. The summed E-state index contributed by atoms with van der Waals surface area (Å²) in [6.07, 6.45) is 3.15. The molecule has 1 N–H and O–H groups in total. The molecule has 1 atom stereocenters. The Labute approximate surface area is 160 Å². The van der Waals surface area contributed by atoms with Crippen LogP contribution in [-0.2, 0) is 9.53 Å². The fourth-order valence-corrected chi connectivity index (χ4v) is 3.67. The highest BCUT2D eigenvalue weighted by Crippen LogP contribution is 2.21. The number of anilines is 3. The fraction of sp³-hybridized carbons (Fsp3) is 0.429. The first-order valence-corrected chi connectivity index (χ1v) is 9.64. The number of ether oxygens (including phenoxy) is 1. The van der Waals surface area contributed by atoms with Gasteiger partial charge < -0.3 is 19.9 Å². The Morgan fingerprint density at radius 3 is 2.63 bits per heavy atom. The van der Waals surface area contributed by atoms with E-state index in [9.17, 15) is 4.79 Å². The van der Waals surface area contributed by atoms with Gasteiger partial charge in [0.1, 0.15) is 11.9 Å². The van der Waals surface area contributed by atoms with Crippen LogP contribution in [0.4, 0.5) is 17.2 Å². The standard InChI is InChI=1S/C21H26N4O2/c1-16-4-2-5-18(14-16)24-9-11-25(12-10-24)20-8-7-17(15-22-20)23-21(26)19-6-3-13-27-19/h2,4-5,7-8,14-15,19H,3,6,9-13H2,1H3,(H,23,26). The number of nitrogens with one attached hydrogen (secondary N) is 1. The Hall–Kier alpha value is -2.60. The smallest absolute Gasteiger partial charge is 0.253 e. The molecule has 1 amide bonds. The molecule has 6 nitrogen and oxygen atoms in total. The van der Waals surface area contributed by atoms with Crippen molar-refractivity contribution in [1.29, 1.82) is 0 Å². The van der Waals surface area contributed by atoms with Gasteiger partial charge in [-0.2, -0.15) is 0 Å². The molecule has 2 aromatic rings. The predicted molar refractivity (Wildman–Crippen MR) is 107 cm³/mol. The summed E-state index contributed by atoms with van der Waals surface area (Å²) in [5.41, 5.74) is 3.30. The van der Waals surface area contributed by atoms with Gasteiger partial charge in [0, 0.05) is 38.5 Å². The van der Waals surface area contributed by atoms with E-state index >= 15 is 0 Å². The van der Waals surface area contributed by atoms with Crippen molar-refractivity contribution in [2.75, 3.05) is 47.9 Å². The number of pyridine rings is 1. The first kappa shape index (κ1) is 17.8. The summed E-state index contributed by atoms with van der Waals surface area (Å²) in [7, 11) is 0. The van der Waals surface area contributed by atoms with Crippen LogP contribution in [0.25, 0.3) is 0 Å². The van der Waals surface area contributed by atoms with Crippen LogP contribution < -0.4 is 15.1 Å². The molecule has 27 heavy (non-hydrogen) atoms. The van der Waals surface area contributed by atoms with Gasteiger partial charge in [-0.15, -0.1) is 0 Å². The molecule has 142 valence electrons. The molecule has 2 fully saturated rings. The number of rotatable bonds is 4. The molecule has 1 aromatic heterocycles. The van der Waals surface area contributed by atoms with Gasteiger partial charge in [0.05, 0.1) is 11.9 Å². The van der Waals surface area contributed by atoms with E-state index in [0.717, 1.165) is 50.5 Å². The van der Waals surface area contributed by atoms with Crippen LogP contribution in [0.2, 0.25) is 0 Å². The van der Waals surface area contributed by atoms with Crippen molar-refractivity contribution in [2.24, 2.45) is 0 Å². The molecule has 2 aliphatic heterocycles. The maximum Gasteiger partial charge on any atom is 0.253 e. The van der Waals surface area contributed by atoms with Gasteiger partial charge in [0.25, 0.3) is 5.91 Å². The average molecular weight is 366 g/mol. The number of aromatic nitrogens is 1. The molecule has 0 bridgehead atoms. The Morgan fingerprint density at radius 1 is 1.15 bits per heavy atom. The molecule has 0 spiro atoms. The zero-order valence-corrected chi connectivity index (χ0v) is 15.7. The summed E-state index contributed by atoms with van der Waals surface area (Å²) in [6, 6.07) is 12.5. The van der Waals surface area contributed by atoms with E-state index in [2.05, 4.69) is 51.3 Å². The SMILES string of the molecule is Cc1cccc(N2CCN(c3ccc(NC(=O)C4CCCO4)cn3)CC2)c1. The van der Waals surface area contributed by atoms with Crippen LogP contribution in [0, 0.1) is 6.92 Å². The lowest BCUT2D eigenvalue weighted by atomic mass is 10.2. The Balaban J connectivity index is 1.32. The summed E-state index contributed by atoms with van der Waals surface area (Å²) in [5, 5.41) is 2.89. The van der Waals surface area contributed by atoms with Crippen LogP contribution in [0.5, 0.6) is 0 Å². The molecule has 1 unspecified atom stereocenters. The van der Waals surface area contributed by atoms with Crippen molar-refractivity contribution >= 4 is 23.1 Å². The fourth-order valence-electron chi connectivity index (χ4n) is 3.67. The van der Waals surface area contributed by atoms with Crippen LogP contribution in [0.1, 0.15) is 18.4 Å². The summed E-state index contributed by atoms with van der Waals surface area (Å²) < 4.78 is 5.41. The van der Waals surface area contributed by atoms with Gasteiger partial charge in [-0.1, -0.05) is 12.1 Å². The van der Waals surface area contributed by atoms with Crippen molar-refractivity contribution < 1.29 is 9.53 Å². The zero-order chi connectivity index (χ0) is 18.6. The molecule has 2 saturated heterocycles. The number of benzene rings is 1. The highest BCUT2D eigenvalue weighted by Gasteiger charge is 2.24. The molecular formula is C21H26N4O2. The number of piperazine rings is 1. The van der Waals surface area contributed by atoms with E-state index in [0.29, 0.717) is 6.61 Å². The molecule has 0 saturated carbocycles. The maximum atomic E-state index is 12.1. The van der Waals surface area contributed by atoms with Crippen molar-refractivity contribution in [3.63, 3.8) is 0 Å². The highest BCUT2D eigenvalue weighted by molar-refractivity contribution is 5.94. The maximum absolute atomic E-state index is 12.1. The van der Waals surface area contributed by atoms with E-state index in [1.165, 1.54) is 11.3 Å². The van der Waals surface area contributed by atoms with Crippen LogP contribution >= 0.6 is 0 Å². The summed E-state index contributed by atoms with van der Waals surface area (Å²) in [5.74, 6) is 0.878. The topological polar surface area (TPSA) is 57.7 Å². The van der Waals surface area contributed by atoms with Crippen molar-refractivity contribution in [3.8, 4) is 0 Å². The van der Waals surface area contributed by atoms with Crippen molar-refractivity contribution in [2.45, 2.75) is 25.9 Å². The normalized spacial score (nSPS) is 20.0. The van der Waals surface area contributed by atoms with Gasteiger partial charge in [0.2, 0.25) is 0 Å². The third-order valence-electron chi connectivity index (χ3n) is 5.21. The average Bonchev–Trinajstić information content (AvgIpc) is 3.24. The van der Waals surface area contributed by atoms with Crippen molar-refractivity contribution in [3.05, 3.63) is 48.2 Å².